The largest absolute Gasteiger partial charge is 0.375 e. The molecule has 1 saturated heterocycles. The molecule has 1 aromatic carbocycles. The van der Waals surface area contributed by atoms with Crippen molar-refractivity contribution in [2.24, 2.45) is 0 Å². The molecular weight excluding hydrogens is 470 g/mol. The van der Waals surface area contributed by atoms with E-state index in [-0.39, 0.29) is 11.5 Å². The maximum Gasteiger partial charge on any atom is 0.268 e. The number of benzene rings is 1. The van der Waals surface area contributed by atoms with E-state index in [1.165, 1.54) is 10.9 Å². The molecule has 1 atom stereocenters. The van der Waals surface area contributed by atoms with Crippen LogP contribution in [0.3, 0.4) is 0 Å². The van der Waals surface area contributed by atoms with E-state index in [0.29, 0.717) is 26.1 Å². The fourth-order valence-corrected chi connectivity index (χ4v) is 5.79. The number of aromatic nitrogens is 1. The first kappa shape index (κ1) is 24.1. The summed E-state index contributed by atoms with van der Waals surface area (Å²) in [5.74, 6) is -2.58. The van der Waals surface area contributed by atoms with Gasteiger partial charge in [-0.2, -0.15) is 0 Å². The van der Waals surface area contributed by atoms with Gasteiger partial charge in [0.2, 0.25) is 0 Å². The van der Waals surface area contributed by atoms with Crippen molar-refractivity contribution in [3.05, 3.63) is 33.6 Å². The van der Waals surface area contributed by atoms with Crippen molar-refractivity contribution in [1.82, 2.24) is 9.88 Å². The van der Waals surface area contributed by atoms with E-state index < -0.39 is 37.2 Å². The van der Waals surface area contributed by atoms with Gasteiger partial charge in [-0.05, 0) is 19.5 Å². The molecular formula is C19H25ClF2N4O3S2. The summed E-state index contributed by atoms with van der Waals surface area (Å²) in [7, 11) is -2.93. The SMILES string of the molecule is CCN(CC)C[C@@]1(OC)CCN(c2cc(F)c(S(=O)(=O)Nc3cscn3)c(F)c2Cl)C1. The molecule has 1 aliphatic heterocycles. The highest BCUT2D eigenvalue weighted by molar-refractivity contribution is 7.92. The standard InChI is InChI=1S/C19H25ClF2N4O3S2/c1-4-25(5-2)10-19(29-3)6-7-26(11-19)14-8-13(21)18(17(22)16(14)20)31(27,28)24-15-9-30-12-23-15/h8-9,12,24H,4-7,10-11H2,1-3H3/t19-/m0/s1. The lowest BCUT2D eigenvalue weighted by Crippen LogP contribution is -2.46. The normalized spacial score (nSPS) is 19.4. The lowest BCUT2D eigenvalue weighted by atomic mass is 10.0. The molecule has 1 fully saturated rings. The van der Waals surface area contributed by atoms with Crippen LogP contribution in [-0.4, -0.2) is 63.7 Å². The van der Waals surface area contributed by atoms with Crippen LogP contribution in [0.4, 0.5) is 20.3 Å². The first-order chi connectivity index (χ1) is 14.7. The van der Waals surface area contributed by atoms with Crippen LogP contribution in [0.1, 0.15) is 20.3 Å². The van der Waals surface area contributed by atoms with Gasteiger partial charge < -0.3 is 14.5 Å². The van der Waals surface area contributed by atoms with Crippen molar-refractivity contribution in [2.75, 3.05) is 49.5 Å². The molecule has 0 saturated carbocycles. The van der Waals surface area contributed by atoms with Gasteiger partial charge in [0.25, 0.3) is 10.0 Å². The number of nitrogens with one attached hydrogen (secondary N) is 1. The Morgan fingerprint density at radius 2 is 2.10 bits per heavy atom. The number of hydrogen-bond donors (Lipinski definition) is 1. The third-order valence-electron chi connectivity index (χ3n) is 5.53. The number of ether oxygens (including phenoxy) is 1. The van der Waals surface area contributed by atoms with Crippen LogP contribution in [0.15, 0.2) is 21.9 Å². The number of rotatable bonds is 9. The molecule has 31 heavy (non-hydrogen) atoms. The van der Waals surface area contributed by atoms with Crippen LogP contribution in [0.25, 0.3) is 0 Å². The molecule has 172 valence electrons. The van der Waals surface area contributed by atoms with Crippen molar-refractivity contribution in [3.63, 3.8) is 0 Å². The molecule has 2 heterocycles. The minimum atomic E-state index is -4.55. The second kappa shape index (κ2) is 9.53. The minimum Gasteiger partial charge on any atom is -0.375 e. The summed E-state index contributed by atoms with van der Waals surface area (Å²) in [5, 5.41) is 0.961. The molecule has 0 spiro atoms. The highest BCUT2D eigenvalue weighted by Gasteiger charge is 2.41. The zero-order valence-electron chi connectivity index (χ0n) is 17.5. The average molecular weight is 495 g/mol. The first-order valence-electron chi connectivity index (χ1n) is 9.77. The highest BCUT2D eigenvalue weighted by atomic mass is 35.5. The van der Waals surface area contributed by atoms with Gasteiger partial charge in [-0.25, -0.2) is 22.2 Å². The van der Waals surface area contributed by atoms with Crippen molar-refractivity contribution in [1.29, 1.82) is 0 Å². The third-order valence-corrected chi connectivity index (χ3v) is 7.87. The summed E-state index contributed by atoms with van der Waals surface area (Å²) in [6, 6.07) is 0.962. The Morgan fingerprint density at radius 1 is 1.39 bits per heavy atom. The van der Waals surface area contributed by atoms with Gasteiger partial charge in [-0.1, -0.05) is 25.4 Å². The fraction of sp³-hybridized carbons (Fsp3) is 0.526. The predicted molar refractivity (Wildman–Crippen MR) is 119 cm³/mol. The van der Waals surface area contributed by atoms with Gasteiger partial charge in [0, 0.05) is 38.2 Å². The number of methoxy groups -OCH3 is 1. The van der Waals surface area contributed by atoms with Crippen LogP contribution in [0, 0.1) is 11.6 Å². The average Bonchev–Trinajstić information content (AvgIpc) is 3.39. The number of halogens is 3. The molecule has 1 N–H and O–H groups in total. The third kappa shape index (κ3) is 4.95. The Kier molecular flexibility index (Phi) is 7.42. The summed E-state index contributed by atoms with van der Waals surface area (Å²) < 4.78 is 62.8. The van der Waals surface area contributed by atoms with Crippen molar-refractivity contribution >= 4 is 44.5 Å². The number of sulfonamides is 1. The number of nitrogens with zero attached hydrogens (tertiary/aromatic N) is 3. The number of hydrogen-bond acceptors (Lipinski definition) is 7. The molecule has 2 aromatic rings. The smallest absolute Gasteiger partial charge is 0.268 e. The van der Waals surface area contributed by atoms with Crippen molar-refractivity contribution in [2.45, 2.75) is 30.8 Å². The van der Waals surface area contributed by atoms with E-state index in [2.05, 4.69) is 28.5 Å². The maximum absolute atomic E-state index is 15.0. The van der Waals surface area contributed by atoms with Gasteiger partial charge in [0.1, 0.15) is 10.8 Å². The molecule has 0 bridgehead atoms. The molecule has 12 heteroatoms. The molecule has 0 aliphatic carbocycles. The Bertz CT molecular complexity index is 1020. The summed E-state index contributed by atoms with van der Waals surface area (Å²) in [6.07, 6.45) is 0.644. The van der Waals surface area contributed by atoms with Crippen molar-refractivity contribution in [3.8, 4) is 0 Å². The lowest BCUT2D eigenvalue weighted by molar-refractivity contribution is -0.0177. The number of likely N-dealkylation sites (N-methyl/N-ethyl adjacent to an activating group) is 1. The van der Waals surface area contributed by atoms with Gasteiger partial charge >= 0.3 is 0 Å². The quantitative estimate of drug-likeness (QED) is 0.534. The molecule has 1 aliphatic rings. The van der Waals surface area contributed by atoms with E-state index >= 15 is 4.39 Å². The maximum atomic E-state index is 15.0. The second-order valence-corrected chi connectivity index (χ2v) is 10.0. The van der Waals surface area contributed by atoms with Gasteiger partial charge in [0.05, 0.1) is 16.8 Å². The van der Waals surface area contributed by atoms with Gasteiger partial charge in [-0.15, -0.1) is 11.3 Å². The van der Waals surface area contributed by atoms with E-state index in [9.17, 15) is 12.8 Å². The molecule has 0 radical (unpaired) electrons. The first-order valence-corrected chi connectivity index (χ1v) is 12.6. The number of anilines is 2. The van der Waals surface area contributed by atoms with Gasteiger partial charge in [-0.3, -0.25) is 4.72 Å². The zero-order chi connectivity index (χ0) is 22.8. The molecule has 0 amide bonds. The Balaban J connectivity index is 1.91. The minimum absolute atomic E-state index is 0.0233. The predicted octanol–water partition coefficient (Wildman–Crippen LogP) is 3.81. The van der Waals surface area contributed by atoms with Crippen LogP contribution in [-0.2, 0) is 14.8 Å². The molecule has 0 unspecified atom stereocenters. The van der Waals surface area contributed by atoms with Crippen LogP contribution >= 0.6 is 22.9 Å². The number of thiazole rings is 1. The van der Waals surface area contributed by atoms with E-state index in [0.717, 1.165) is 30.5 Å². The van der Waals surface area contributed by atoms with Gasteiger partial charge in [0.15, 0.2) is 16.5 Å². The Labute approximate surface area is 190 Å². The summed E-state index contributed by atoms with van der Waals surface area (Å²) in [5.41, 5.74) is 0.982. The topological polar surface area (TPSA) is 74.8 Å². The van der Waals surface area contributed by atoms with E-state index in [4.69, 9.17) is 16.3 Å². The van der Waals surface area contributed by atoms with Crippen molar-refractivity contribution < 1.29 is 21.9 Å². The monoisotopic (exact) mass is 494 g/mol. The zero-order valence-corrected chi connectivity index (χ0v) is 19.9. The molecule has 1 aromatic heterocycles. The summed E-state index contributed by atoms with van der Waals surface area (Å²) >= 11 is 7.34. The molecule has 7 nitrogen and oxygen atoms in total. The van der Waals surface area contributed by atoms with Crippen LogP contribution < -0.4 is 9.62 Å². The lowest BCUT2D eigenvalue weighted by Gasteiger charge is -2.33. The summed E-state index contributed by atoms with van der Waals surface area (Å²) in [4.78, 5) is 6.59. The van der Waals surface area contributed by atoms with Crippen LogP contribution in [0.5, 0.6) is 0 Å². The fourth-order valence-electron chi connectivity index (χ4n) is 3.76. The summed E-state index contributed by atoms with van der Waals surface area (Å²) in [6.45, 7) is 7.33. The van der Waals surface area contributed by atoms with E-state index in [1.807, 2.05) is 0 Å². The molecule has 3 rings (SSSR count). The Morgan fingerprint density at radius 3 is 2.68 bits per heavy atom. The van der Waals surface area contributed by atoms with Crippen LogP contribution in [0.2, 0.25) is 5.02 Å². The Hall–Kier alpha value is -1.53. The highest BCUT2D eigenvalue weighted by Crippen LogP contribution is 2.39. The van der Waals surface area contributed by atoms with E-state index in [1.54, 1.807) is 12.0 Å². The second-order valence-electron chi connectivity index (χ2n) is 7.33.